The molecule has 2 aromatic carbocycles. The Labute approximate surface area is 175 Å². The minimum absolute atomic E-state index is 0.0811. The maximum Gasteiger partial charge on any atom is 0.235 e. The zero-order valence-electron chi connectivity index (χ0n) is 17.4. The lowest BCUT2D eigenvalue weighted by Gasteiger charge is -2.33. The van der Waals surface area contributed by atoms with Crippen molar-refractivity contribution in [1.82, 2.24) is 4.90 Å². The first-order valence-electron chi connectivity index (χ1n) is 10.5. The van der Waals surface area contributed by atoms with Crippen LogP contribution in [0.25, 0.3) is 11.0 Å². The highest BCUT2D eigenvalue weighted by Crippen LogP contribution is 2.33. The number of hydrogen-bond acceptors (Lipinski definition) is 6. The van der Waals surface area contributed by atoms with E-state index < -0.39 is 0 Å². The number of phenols is 1. The molecule has 2 heterocycles. The van der Waals surface area contributed by atoms with Gasteiger partial charge in [0, 0.05) is 12.6 Å². The Bertz CT molecular complexity index is 1090. The van der Waals surface area contributed by atoms with Gasteiger partial charge in [-0.1, -0.05) is 18.6 Å². The average Bonchev–Trinajstić information content (AvgIpc) is 2.75. The van der Waals surface area contributed by atoms with Crippen LogP contribution in [0, 0.1) is 0 Å². The first kappa shape index (κ1) is 20.3. The Hall–Kier alpha value is -2.99. The van der Waals surface area contributed by atoms with E-state index in [2.05, 4.69) is 11.8 Å². The van der Waals surface area contributed by atoms with Crippen LogP contribution in [0.4, 0.5) is 0 Å². The van der Waals surface area contributed by atoms with Crippen LogP contribution in [0.5, 0.6) is 23.0 Å². The van der Waals surface area contributed by atoms with Gasteiger partial charge in [-0.25, -0.2) is 0 Å². The Morgan fingerprint density at radius 1 is 1.13 bits per heavy atom. The second-order valence-electron chi connectivity index (χ2n) is 7.67. The van der Waals surface area contributed by atoms with E-state index in [1.807, 2.05) is 19.1 Å². The van der Waals surface area contributed by atoms with Gasteiger partial charge in [0.25, 0.3) is 0 Å². The zero-order valence-corrected chi connectivity index (χ0v) is 17.4. The molecule has 0 bridgehead atoms. The van der Waals surface area contributed by atoms with Crippen molar-refractivity contribution in [2.75, 3.05) is 13.2 Å². The molecule has 4 rings (SSSR count). The number of ether oxygens (including phenoxy) is 2. The third kappa shape index (κ3) is 4.00. The number of hydrogen-bond donors (Lipinski definition) is 1. The number of aromatic hydroxyl groups is 1. The van der Waals surface area contributed by atoms with Crippen molar-refractivity contribution < 1.29 is 19.0 Å². The largest absolute Gasteiger partial charge is 0.507 e. The van der Waals surface area contributed by atoms with Crippen molar-refractivity contribution >= 4 is 11.0 Å². The molecule has 1 aromatic heterocycles. The molecule has 0 aliphatic carbocycles. The summed E-state index contributed by atoms with van der Waals surface area (Å²) in [4.78, 5) is 15.4. The first-order valence-corrected chi connectivity index (χ1v) is 10.5. The topological polar surface area (TPSA) is 72.1 Å². The first-order chi connectivity index (χ1) is 14.6. The van der Waals surface area contributed by atoms with Crippen LogP contribution in [0.2, 0.25) is 0 Å². The summed E-state index contributed by atoms with van der Waals surface area (Å²) >= 11 is 0. The van der Waals surface area contributed by atoms with Gasteiger partial charge >= 0.3 is 0 Å². The van der Waals surface area contributed by atoms with Crippen molar-refractivity contribution in [1.29, 1.82) is 0 Å². The second-order valence-corrected chi connectivity index (χ2v) is 7.67. The lowest BCUT2D eigenvalue weighted by atomic mass is 10.0. The number of nitrogens with zero attached hydrogens (tertiary/aromatic N) is 1. The summed E-state index contributed by atoms with van der Waals surface area (Å²) < 4.78 is 17.2. The summed E-state index contributed by atoms with van der Waals surface area (Å²) in [5.74, 6) is 1.23. The maximum absolute atomic E-state index is 13.1. The van der Waals surface area contributed by atoms with E-state index >= 15 is 0 Å². The van der Waals surface area contributed by atoms with E-state index in [9.17, 15) is 9.90 Å². The predicted octanol–water partition coefficient (Wildman–Crippen LogP) is 5.06. The normalized spacial score (nSPS) is 17.2. The zero-order chi connectivity index (χ0) is 21.1. The molecule has 1 atom stereocenters. The van der Waals surface area contributed by atoms with Crippen molar-refractivity contribution in [3.05, 3.63) is 58.4 Å². The summed E-state index contributed by atoms with van der Waals surface area (Å²) in [5, 5.41) is 10.9. The Morgan fingerprint density at radius 3 is 2.70 bits per heavy atom. The second kappa shape index (κ2) is 8.79. The van der Waals surface area contributed by atoms with Gasteiger partial charge in [-0.15, -0.1) is 0 Å². The van der Waals surface area contributed by atoms with E-state index in [1.165, 1.54) is 12.7 Å². The fraction of sp³-hybridized carbons (Fsp3) is 0.375. The van der Waals surface area contributed by atoms with Crippen LogP contribution in [-0.2, 0) is 6.54 Å². The molecule has 0 spiro atoms. The summed E-state index contributed by atoms with van der Waals surface area (Å²) in [6.45, 7) is 6.08. The molecule has 6 heteroatoms. The minimum atomic E-state index is -0.282. The molecule has 3 aromatic rings. The van der Waals surface area contributed by atoms with Gasteiger partial charge in [0.2, 0.25) is 11.2 Å². The fourth-order valence-electron chi connectivity index (χ4n) is 3.98. The van der Waals surface area contributed by atoms with Gasteiger partial charge in [0.15, 0.2) is 11.5 Å². The fourth-order valence-corrected chi connectivity index (χ4v) is 3.98. The molecule has 1 aliphatic heterocycles. The molecule has 1 aliphatic rings. The van der Waals surface area contributed by atoms with Crippen molar-refractivity contribution in [3.63, 3.8) is 0 Å². The van der Waals surface area contributed by atoms with Crippen molar-refractivity contribution in [2.45, 2.75) is 45.7 Å². The van der Waals surface area contributed by atoms with Crippen molar-refractivity contribution in [3.8, 4) is 23.0 Å². The molecule has 0 saturated carbocycles. The lowest BCUT2D eigenvalue weighted by Crippen LogP contribution is -2.36. The highest BCUT2D eigenvalue weighted by Gasteiger charge is 2.22. The number of piperidine rings is 1. The summed E-state index contributed by atoms with van der Waals surface area (Å²) in [6, 6.07) is 10.8. The molecule has 0 unspecified atom stereocenters. The van der Waals surface area contributed by atoms with Crippen LogP contribution < -0.4 is 14.9 Å². The SMILES string of the molecule is CCOc1ccccc1Oc1coc2c(CN3CCCC[C@@H]3C)c(O)ccc2c1=O. The average molecular weight is 409 g/mol. The molecule has 0 radical (unpaired) electrons. The number of benzene rings is 2. The van der Waals surface area contributed by atoms with Crippen LogP contribution in [-0.4, -0.2) is 29.2 Å². The molecule has 1 N–H and O–H groups in total. The Balaban J connectivity index is 1.70. The van der Waals surface area contributed by atoms with Gasteiger partial charge in [-0.2, -0.15) is 0 Å². The highest BCUT2D eigenvalue weighted by molar-refractivity contribution is 5.83. The van der Waals surface area contributed by atoms with Crippen molar-refractivity contribution in [2.24, 2.45) is 0 Å². The van der Waals surface area contributed by atoms with Crippen LogP contribution in [0.15, 0.2) is 51.9 Å². The van der Waals surface area contributed by atoms with Gasteiger partial charge in [0.1, 0.15) is 17.6 Å². The molecule has 30 heavy (non-hydrogen) atoms. The molecule has 158 valence electrons. The highest BCUT2D eigenvalue weighted by atomic mass is 16.5. The standard InChI is InChI=1S/C24H27NO5/c1-3-28-20-9-4-5-10-21(20)30-22-15-29-24-17(23(22)27)11-12-19(26)18(24)14-25-13-7-6-8-16(25)2/h4-5,9-12,15-16,26H,3,6-8,13-14H2,1-2H3/t16-/m0/s1. The van der Waals surface area contributed by atoms with Crippen LogP contribution in [0.1, 0.15) is 38.7 Å². The molecule has 1 saturated heterocycles. The number of phenolic OH excluding ortho intramolecular Hbond substituents is 1. The van der Waals surface area contributed by atoms with E-state index in [-0.39, 0.29) is 16.9 Å². The monoisotopic (exact) mass is 409 g/mol. The molecule has 0 amide bonds. The molecule has 1 fully saturated rings. The number of rotatable bonds is 6. The predicted molar refractivity (Wildman–Crippen MR) is 116 cm³/mol. The lowest BCUT2D eigenvalue weighted by molar-refractivity contribution is 0.151. The minimum Gasteiger partial charge on any atom is -0.507 e. The Kier molecular flexibility index (Phi) is 5.95. The quantitative estimate of drug-likeness (QED) is 0.613. The number of likely N-dealkylation sites (tertiary alicyclic amines) is 1. The number of para-hydroxylation sites is 2. The van der Waals surface area contributed by atoms with Crippen LogP contribution in [0.3, 0.4) is 0 Å². The van der Waals surface area contributed by atoms with E-state index in [4.69, 9.17) is 13.9 Å². The van der Waals surface area contributed by atoms with E-state index in [0.717, 1.165) is 19.4 Å². The van der Waals surface area contributed by atoms with Gasteiger partial charge in [-0.05, 0) is 57.5 Å². The van der Waals surface area contributed by atoms with Gasteiger partial charge < -0.3 is 19.0 Å². The van der Waals surface area contributed by atoms with E-state index in [0.29, 0.717) is 47.2 Å². The summed E-state index contributed by atoms with van der Waals surface area (Å²) in [7, 11) is 0. The van der Waals surface area contributed by atoms with Gasteiger partial charge in [0.05, 0.1) is 17.6 Å². The smallest absolute Gasteiger partial charge is 0.235 e. The maximum atomic E-state index is 13.1. The third-order valence-corrected chi connectivity index (χ3v) is 5.66. The third-order valence-electron chi connectivity index (χ3n) is 5.66. The Morgan fingerprint density at radius 2 is 1.93 bits per heavy atom. The molecular weight excluding hydrogens is 382 g/mol. The van der Waals surface area contributed by atoms with E-state index in [1.54, 1.807) is 24.3 Å². The number of fused-ring (bicyclic) bond motifs is 1. The molecular formula is C24H27NO5. The summed E-state index contributed by atoms with van der Waals surface area (Å²) in [6.07, 6.45) is 4.80. The van der Waals surface area contributed by atoms with Crippen LogP contribution >= 0.6 is 0 Å². The molecule has 6 nitrogen and oxygen atoms in total. The summed E-state index contributed by atoms with van der Waals surface area (Å²) in [5.41, 5.74) is 0.762. The van der Waals surface area contributed by atoms with Gasteiger partial charge in [-0.3, -0.25) is 9.69 Å².